The predicted octanol–water partition coefficient (Wildman–Crippen LogP) is 2.98. The van der Waals surface area contributed by atoms with Crippen molar-refractivity contribution in [2.45, 2.75) is 45.1 Å². The first-order valence-electron chi connectivity index (χ1n) is 6.63. The molecule has 0 saturated carbocycles. The van der Waals surface area contributed by atoms with E-state index in [1.165, 1.54) is 19.3 Å². The first-order valence-corrected chi connectivity index (χ1v) is 6.63. The van der Waals surface area contributed by atoms with Crippen LogP contribution in [0.15, 0.2) is 36.0 Å². The van der Waals surface area contributed by atoms with E-state index >= 15 is 0 Å². The van der Waals surface area contributed by atoms with Gasteiger partial charge in [0.15, 0.2) is 0 Å². The number of unbranched alkanes of at least 4 members (excludes halogenated alkanes) is 3. The van der Waals surface area contributed by atoms with Gasteiger partial charge in [-0.2, -0.15) is 0 Å². The molecule has 0 aromatic carbocycles. The van der Waals surface area contributed by atoms with Gasteiger partial charge in [0.25, 0.3) is 0 Å². The summed E-state index contributed by atoms with van der Waals surface area (Å²) in [6.45, 7) is 2.37. The molecular formula is C15H24O2. The number of aliphatic hydroxyl groups excluding tert-OH is 2. The van der Waals surface area contributed by atoms with Gasteiger partial charge in [0, 0.05) is 12.5 Å². The Kier molecular flexibility index (Phi) is 6.90. The van der Waals surface area contributed by atoms with E-state index in [0.717, 1.165) is 12.0 Å². The third-order valence-corrected chi connectivity index (χ3v) is 3.13. The molecule has 0 unspecified atom stereocenters. The van der Waals surface area contributed by atoms with E-state index in [0.29, 0.717) is 6.42 Å². The molecule has 0 aromatic heterocycles. The number of hydrogen-bond acceptors (Lipinski definition) is 2. The standard InChI is InChI=1S/C15H24O2/c1-2-3-4-5-6-7-8-14-13(11-12-16)9-10-15(14)17/h6-10,13,15-17H,2-5,11-12H2,1H3/b7-6+,14-8+/t13-,15-/m0/s1. The summed E-state index contributed by atoms with van der Waals surface area (Å²) < 4.78 is 0. The fraction of sp³-hybridized carbons (Fsp3) is 0.600. The van der Waals surface area contributed by atoms with Crippen LogP contribution in [0, 0.1) is 5.92 Å². The Morgan fingerprint density at radius 2 is 2.12 bits per heavy atom. The molecule has 1 aliphatic rings. The van der Waals surface area contributed by atoms with Crippen molar-refractivity contribution in [2.24, 2.45) is 5.92 Å². The van der Waals surface area contributed by atoms with E-state index in [1.54, 1.807) is 6.08 Å². The number of allylic oxidation sites excluding steroid dienone is 4. The van der Waals surface area contributed by atoms with E-state index < -0.39 is 6.10 Å². The second-order valence-corrected chi connectivity index (χ2v) is 4.54. The minimum atomic E-state index is -0.466. The highest BCUT2D eigenvalue weighted by Gasteiger charge is 2.21. The average Bonchev–Trinajstić information content (AvgIpc) is 2.66. The zero-order valence-corrected chi connectivity index (χ0v) is 10.7. The van der Waals surface area contributed by atoms with Gasteiger partial charge in [-0.25, -0.2) is 0 Å². The minimum Gasteiger partial charge on any atom is -0.396 e. The zero-order chi connectivity index (χ0) is 12.5. The number of aliphatic hydroxyl groups is 2. The molecule has 0 spiro atoms. The summed E-state index contributed by atoms with van der Waals surface area (Å²) in [5.74, 6) is 0.204. The molecule has 0 bridgehead atoms. The van der Waals surface area contributed by atoms with Crippen LogP contribution in [0.1, 0.15) is 39.0 Å². The van der Waals surface area contributed by atoms with E-state index in [9.17, 15) is 5.11 Å². The van der Waals surface area contributed by atoms with Crippen LogP contribution in [-0.4, -0.2) is 22.9 Å². The average molecular weight is 236 g/mol. The maximum absolute atomic E-state index is 9.76. The Balaban J connectivity index is 2.41. The van der Waals surface area contributed by atoms with Gasteiger partial charge in [0.1, 0.15) is 0 Å². The second kappa shape index (κ2) is 8.26. The Labute approximate surface area is 104 Å². The second-order valence-electron chi connectivity index (χ2n) is 4.54. The quantitative estimate of drug-likeness (QED) is 0.527. The van der Waals surface area contributed by atoms with E-state index in [1.807, 2.05) is 18.2 Å². The first kappa shape index (κ1) is 14.2. The Morgan fingerprint density at radius 3 is 2.82 bits per heavy atom. The van der Waals surface area contributed by atoms with Crippen LogP contribution in [0.5, 0.6) is 0 Å². The summed E-state index contributed by atoms with van der Waals surface area (Å²) in [5, 5.41) is 18.7. The van der Waals surface area contributed by atoms with Crippen LogP contribution in [0.25, 0.3) is 0 Å². The zero-order valence-electron chi connectivity index (χ0n) is 10.7. The molecule has 0 saturated heterocycles. The van der Waals surface area contributed by atoms with Crippen LogP contribution in [-0.2, 0) is 0 Å². The lowest BCUT2D eigenvalue weighted by Gasteiger charge is -2.11. The Bertz CT molecular complexity index is 289. The maximum Gasteiger partial charge on any atom is 0.0940 e. The fourth-order valence-electron chi connectivity index (χ4n) is 2.09. The SMILES string of the molecule is CCCCC/C=C/C=C1/[C@@H](O)C=C[C@H]1CCO. The molecule has 2 atom stereocenters. The topological polar surface area (TPSA) is 40.5 Å². The Hall–Kier alpha value is -0.860. The summed E-state index contributed by atoms with van der Waals surface area (Å²) in [5.41, 5.74) is 1.01. The molecule has 0 amide bonds. The number of hydrogen-bond donors (Lipinski definition) is 2. The highest BCUT2D eigenvalue weighted by atomic mass is 16.3. The number of rotatable bonds is 7. The van der Waals surface area contributed by atoms with E-state index in [4.69, 9.17) is 5.11 Å². The predicted molar refractivity (Wildman–Crippen MR) is 71.7 cm³/mol. The molecular weight excluding hydrogens is 212 g/mol. The van der Waals surface area contributed by atoms with Gasteiger partial charge in [0.2, 0.25) is 0 Å². The van der Waals surface area contributed by atoms with Crippen molar-refractivity contribution in [1.29, 1.82) is 0 Å². The van der Waals surface area contributed by atoms with Crippen molar-refractivity contribution in [3.8, 4) is 0 Å². The van der Waals surface area contributed by atoms with Crippen LogP contribution in [0.4, 0.5) is 0 Å². The van der Waals surface area contributed by atoms with Gasteiger partial charge in [-0.05, 0) is 24.8 Å². The van der Waals surface area contributed by atoms with E-state index in [2.05, 4.69) is 13.0 Å². The lowest BCUT2D eigenvalue weighted by atomic mass is 9.97. The third kappa shape index (κ3) is 4.88. The van der Waals surface area contributed by atoms with Gasteiger partial charge in [-0.1, -0.05) is 50.1 Å². The highest BCUT2D eigenvalue weighted by Crippen LogP contribution is 2.27. The van der Waals surface area contributed by atoms with Crippen molar-refractivity contribution in [3.05, 3.63) is 36.0 Å². The summed E-state index contributed by atoms with van der Waals surface area (Å²) in [6, 6.07) is 0. The molecule has 2 N–H and O–H groups in total. The molecule has 2 nitrogen and oxygen atoms in total. The third-order valence-electron chi connectivity index (χ3n) is 3.13. The maximum atomic E-state index is 9.76. The summed E-state index contributed by atoms with van der Waals surface area (Å²) >= 11 is 0. The summed E-state index contributed by atoms with van der Waals surface area (Å²) in [6.07, 6.45) is 15.1. The van der Waals surface area contributed by atoms with Crippen LogP contribution < -0.4 is 0 Å². The molecule has 0 fully saturated rings. The highest BCUT2D eigenvalue weighted by molar-refractivity contribution is 5.32. The molecule has 0 aliphatic heterocycles. The molecule has 1 aliphatic carbocycles. The fourth-order valence-corrected chi connectivity index (χ4v) is 2.09. The van der Waals surface area contributed by atoms with E-state index in [-0.39, 0.29) is 12.5 Å². The largest absolute Gasteiger partial charge is 0.396 e. The molecule has 0 heterocycles. The molecule has 0 radical (unpaired) electrons. The molecule has 0 aromatic rings. The van der Waals surface area contributed by atoms with Crippen molar-refractivity contribution in [1.82, 2.24) is 0 Å². The monoisotopic (exact) mass is 236 g/mol. The lowest BCUT2D eigenvalue weighted by Crippen LogP contribution is -2.09. The van der Waals surface area contributed by atoms with Gasteiger partial charge in [-0.15, -0.1) is 0 Å². The van der Waals surface area contributed by atoms with Crippen molar-refractivity contribution < 1.29 is 10.2 Å². The molecule has 96 valence electrons. The molecule has 1 rings (SSSR count). The Morgan fingerprint density at radius 1 is 1.29 bits per heavy atom. The van der Waals surface area contributed by atoms with Gasteiger partial charge in [0.05, 0.1) is 6.10 Å². The molecule has 2 heteroatoms. The van der Waals surface area contributed by atoms with Crippen molar-refractivity contribution >= 4 is 0 Å². The lowest BCUT2D eigenvalue weighted by molar-refractivity contribution is 0.244. The minimum absolute atomic E-state index is 0.166. The van der Waals surface area contributed by atoms with Crippen molar-refractivity contribution in [2.75, 3.05) is 6.61 Å². The smallest absolute Gasteiger partial charge is 0.0940 e. The summed E-state index contributed by atoms with van der Waals surface area (Å²) in [4.78, 5) is 0. The van der Waals surface area contributed by atoms with Gasteiger partial charge < -0.3 is 10.2 Å². The van der Waals surface area contributed by atoms with Crippen LogP contribution in [0.2, 0.25) is 0 Å². The summed E-state index contributed by atoms with van der Waals surface area (Å²) in [7, 11) is 0. The van der Waals surface area contributed by atoms with Gasteiger partial charge in [-0.3, -0.25) is 0 Å². The van der Waals surface area contributed by atoms with Crippen molar-refractivity contribution in [3.63, 3.8) is 0 Å². The van der Waals surface area contributed by atoms with Crippen LogP contribution >= 0.6 is 0 Å². The molecule has 17 heavy (non-hydrogen) atoms. The normalized spacial score (nSPS) is 26.4. The van der Waals surface area contributed by atoms with Gasteiger partial charge >= 0.3 is 0 Å². The first-order chi connectivity index (χ1) is 8.29. The van der Waals surface area contributed by atoms with Crippen LogP contribution in [0.3, 0.4) is 0 Å².